The highest BCUT2D eigenvalue weighted by Crippen LogP contribution is 2.39. The Morgan fingerprint density at radius 1 is 0.735 bits per heavy atom. The summed E-state index contributed by atoms with van der Waals surface area (Å²) in [5.74, 6) is 0.139. The van der Waals surface area contributed by atoms with Gasteiger partial charge >= 0.3 is 0 Å². The first kappa shape index (κ1) is 34.8. The lowest BCUT2D eigenvalue weighted by Crippen LogP contribution is -2.19. The zero-order valence-corrected chi connectivity index (χ0v) is 29.7. The Bertz CT molecular complexity index is 2040. The van der Waals surface area contributed by atoms with E-state index in [9.17, 15) is 10.5 Å². The maximum absolute atomic E-state index is 11.6. The number of aromatic nitrogens is 1. The number of nitrogens with zero attached hydrogens (tertiary/aromatic N) is 1. The van der Waals surface area contributed by atoms with Crippen LogP contribution in [0.2, 0.25) is 0 Å². The van der Waals surface area contributed by atoms with E-state index in [4.69, 9.17) is 4.98 Å². The fraction of sp³-hybridized carbons (Fsp3) is 0.200. The van der Waals surface area contributed by atoms with E-state index in [1.165, 1.54) is 0 Å². The molecule has 4 nitrogen and oxygen atoms in total. The predicted molar refractivity (Wildman–Crippen MR) is 209 cm³/mol. The van der Waals surface area contributed by atoms with Crippen molar-refractivity contribution in [3.05, 3.63) is 162 Å². The molecule has 0 saturated heterocycles. The number of pyridine rings is 1. The van der Waals surface area contributed by atoms with Crippen molar-refractivity contribution in [2.75, 3.05) is 5.32 Å². The molecule has 49 heavy (non-hydrogen) atoms. The molecule has 0 aliphatic heterocycles. The molecule has 4 heteroatoms. The SMILES string of the molecule is C=C/C=C\C(C(=N)c1cc(C(C)(C)C)cc(C(C)(C)C)c1O)=C(/C)Nc1cc(-c2ccccc2)cc(-c2cc(-c3ccccc3)ccn2)c1. The first-order valence-electron chi connectivity index (χ1n) is 16.7. The van der Waals surface area contributed by atoms with Crippen molar-refractivity contribution in [2.24, 2.45) is 0 Å². The monoisotopic (exact) mass is 645 g/mol. The van der Waals surface area contributed by atoms with E-state index in [2.05, 4.69) is 108 Å². The van der Waals surface area contributed by atoms with E-state index in [0.29, 0.717) is 11.1 Å². The number of aromatic hydroxyl groups is 1. The maximum atomic E-state index is 11.6. The molecule has 0 spiro atoms. The van der Waals surface area contributed by atoms with Gasteiger partial charge in [0.2, 0.25) is 0 Å². The molecule has 1 aromatic heterocycles. The van der Waals surface area contributed by atoms with Gasteiger partial charge in [-0.2, -0.15) is 0 Å². The lowest BCUT2D eigenvalue weighted by atomic mass is 9.78. The number of phenolic OH excluding ortho intramolecular Hbond substituents is 1. The lowest BCUT2D eigenvalue weighted by Gasteiger charge is -2.28. The Morgan fingerprint density at radius 3 is 1.94 bits per heavy atom. The van der Waals surface area contributed by atoms with Gasteiger partial charge in [0.15, 0.2) is 0 Å². The Balaban J connectivity index is 1.64. The minimum absolute atomic E-state index is 0.139. The fourth-order valence-corrected chi connectivity index (χ4v) is 5.86. The van der Waals surface area contributed by atoms with Crippen molar-refractivity contribution in [2.45, 2.75) is 59.3 Å². The number of benzene rings is 4. The van der Waals surface area contributed by atoms with Crippen molar-refractivity contribution >= 4 is 11.4 Å². The molecule has 0 fully saturated rings. The van der Waals surface area contributed by atoms with Crippen LogP contribution in [0, 0.1) is 5.41 Å². The Hall–Kier alpha value is -5.48. The molecule has 0 radical (unpaired) electrons. The van der Waals surface area contributed by atoms with Gasteiger partial charge in [-0.1, -0.05) is 133 Å². The summed E-state index contributed by atoms with van der Waals surface area (Å²) in [4.78, 5) is 4.78. The van der Waals surface area contributed by atoms with Crippen LogP contribution in [0.1, 0.15) is 65.2 Å². The quantitative estimate of drug-likeness (QED) is 0.110. The van der Waals surface area contributed by atoms with Gasteiger partial charge in [-0.05, 0) is 82.0 Å². The molecular formula is C45H47N3O. The van der Waals surface area contributed by atoms with Gasteiger partial charge in [0, 0.05) is 39.8 Å². The molecule has 0 bridgehead atoms. The van der Waals surface area contributed by atoms with Crippen molar-refractivity contribution in [3.63, 3.8) is 0 Å². The highest BCUT2D eigenvalue weighted by Gasteiger charge is 2.27. The van der Waals surface area contributed by atoms with Gasteiger partial charge in [0.25, 0.3) is 0 Å². The molecule has 5 aromatic rings. The van der Waals surface area contributed by atoms with Crippen LogP contribution in [-0.2, 0) is 10.8 Å². The smallest absolute Gasteiger partial charge is 0.128 e. The van der Waals surface area contributed by atoms with Crippen LogP contribution >= 0.6 is 0 Å². The summed E-state index contributed by atoms with van der Waals surface area (Å²) in [6.07, 6.45) is 7.26. The van der Waals surface area contributed by atoms with Gasteiger partial charge in [0.05, 0.1) is 11.4 Å². The van der Waals surface area contributed by atoms with Crippen LogP contribution in [-0.4, -0.2) is 15.8 Å². The molecule has 0 amide bonds. The van der Waals surface area contributed by atoms with Gasteiger partial charge in [-0.3, -0.25) is 10.4 Å². The van der Waals surface area contributed by atoms with E-state index in [1.54, 1.807) is 6.08 Å². The first-order valence-corrected chi connectivity index (χ1v) is 16.7. The molecule has 5 rings (SSSR count). The van der Waals surface area contributed by atoms with Crippen molar-refractivity contribution in [1.29, 1.82) is 5.41 Å². The molecule has 1 heterocycles. The lowest BCUT2D eigenvalue weighted by molar-refractivity contribution is 0.443. The molecule has 3 N–H and O–H groups in total. The Kier molecular flexibility index (Phi) is 10.2. The topological polar surface area (TPSA) is 69.0 Å². The molecule has 0 aliphatic rings. The second-order valence-electron chi connectivity index (χ2n) is 14.5. The van der Waals surface area contributed by atoms with E-state index in [1.807, 2.05) is 73.8 Å². The van der Waals surface area contributed by atoms with E-state index in [-0.39, 0.29) is 22.3 Å². The van der Waals surface area contributed by atoms with Crippen LogP contribution in [0.25, 0.3) is 33.5 Å². The third kappa shape index (κ3) is 8.16. The first-order chi connectivity index (χ1) is 23.3. The summed E-state index contributed by atoms with van der Waals surface area (Å²) >= 11 is 0. The molecule has 248 valence electrons. The summed E-state index contributed by atoms with van der Waals surface area (Å²) in [5, 5.41) is 24.8. The highest BCUT2D eigenvalue weighted by atomic mass is 16.3. The molecule has 0 atom stereocenters. The van der Waals surface area contributed by atoms with Gasteiger partial charge in [0.1, 0.15) is 5.75 Å². The fourth-order valence-electron chi connectivity index (χ4n) is 5.86. The number of allylic oxidation sites excluding steroid dienone is 5. The number of anilines is 1. The Labute approximate surface area is 292 Å². The zero-order chi connectivity index (χ0) is 35.3. The molecule has 0 aliphatic carbocycles. The molecular weight excluding hydrogens is 599 g/mol. The van der Waals surface area contributed by atoms with Crippen LogP contribution < -0.4 is 5.32 Å². The maximum Gasteiger partial charge on any atom is 0.128 e. The highest BCUT2D eigenvalue weighted by molar-refractivity contribution is 6.15. The standard InChI is InChI=1S/C45H47N3O/c1-9-10-21-38(42(46)39-28-36(44(3,4)5)29-40(43(39)49)45(6,7)8)30(2)48-37-25-34(32-19-15-12-16-20-32)24-35(26-37)41-27-33(22-23-47-41)31-17-13-11-14-18-31/h9-29,46,48-49H,1H2,2-8H3/b21-10-,38-30-,46-42?. The molecule has 4 aromatic carbocycles. The zero-order valence-electron chi connectivity index (χ0n) is 29.7. The normalized spacial score (nSPS) is 12.5. The number of hydrogen-bond donors (Lipinski definition) is 3. The number of rotatable bonds is 9. The van der Waals surface area contributed by atoms with Gasteiger partial charge in [-0.25, -0.2) is 0 Å². The van der Waals surface area contributed by atoms with E-state index < -0.39 is 0 Å². The summed E-state index contributed by atoms with van der Waals surface area (Å²) < 4.78 is 0. The molecule has 0 unspecified atom stereocenters. The summed E-state index contributed by atoms with van der Waals surface area (Å²) in [6, 6.07) is 35.2. The third-order valence-corrected chi connectivity index (χ3v) is 8.66. The van der Waals surface area contributed by atoms with Gasteiger partial charge < -0.3 is 10.4 Å². The third-order valence-electron chi connectivity index (χ3n) is 8.66. The summed E-state index contributed by atoms with van der Waals surface area (Å²) in [7, 11) is 0. The van der Waals surface area contributed by atoms with Crippen molar-refractivity contribution in [3.8, 4) is 39.3 Å². The summed E-state index contributed by atoms with van der Waals surface area (Å²) in [5.41, 5.74) is 10.6. The van der Waals surface area contributed by atoms with Crippen LogP contribution in [0.3, 0.4) is 0 Å². The second kappa shape index (κ2) is 14.3. The largest absolute Gasteiger partial charge is 0.507 e. The van der Waals surface area contributed by atoms with Crippen molar-refractivity contribution in [1.82, 2.24) is 4.98 Å². The Morgan fingerprint density at radius 2 is 1.35 bits per heavy atom. The minimum atomic E-state index is -0.311. The number of phenols is 1. The average Bonchev–Trinajstić information content (AvgIpc) is 3.08. The minimum Gasteiger partial charge on any atom is -0.507 e. The predicted octanol–water partition coefficient (Wildman–Crippen LogP) is 11.9. The van der Waals surface area contributed by atoms with E-state index in [0.717, 1.165) is 56.0 Å². The van der Waals surface area contributed by atoms with Crippen LogP contribution in [0.4, 0.5) is 5.69 Å². The number of nitrogens with one attached hydrogen (secondary N) is 2. The van der Waals surface area contributed by atoms with Crippen LogP contribution in [0.5, 0.6) is 5.75 Å². The molecule has 0 saturated carbocycles. The number of hydrogen-bond acceptors (Lipinski definition) is 4. The van der Waals surface area contributed by atoms with Crippen molar-refractivity contribution < 1.29 is 5.11 Å². The second-order valence-corrected chi connectivity index (χ2v) is 14.5. The van der Waals surface area contributed by atoms with Gasteiger partial charge in [-0.15, -0.1) is 0 Å². The van der Waals surface area contributed by atoms with E-state index >= 15 is 0 Å². The average molecular weight is 646 g/mol. The summed E-state index contributed by atoms with van der Waals surface area (Å²) in [6.45, 7) is 18.6. The van der Waals surface area contributed by atoms with Crippen LogP contribution in [0.15, 0.2) is 145 Å².